The Morgan fingerprint density at radius 1 is 1.07 bits per heavy atom. The molecule has 4 nitrogen and oxygen atoms in total. The van der Waals surface area contributed by atoms with Gasteiger partial charge < -0.3 is 10.1 Å². The lowest BCUT2D eigenvalue weighted by atomic mass is 10.0. The molecule has 1 amide bonds. The molecule has 0 unspecified atom stereocenters. The molecule has 0 bridgehead atoms. The van der Waals surface area contributed by atoms with E-state index in [4.69, 9.17) is 4.74 Å². The highest BCUT2D eigenvalue weighted by atomic mass is 16.5. The molecule has 0 fully saturated rings. The number of hydrogen-bond donors (Lipinski definition) is 1. The highest BCUT2D eigenvalue weighted by molar-refractivity contribution is 6.02. The predicted molar refractivity (Wildman–Crippen MR) is 107 cm³/mol. The Kier molecular flexibility index (Phi) is 5.53. The van der Waals surface area contributed by atoms with Gasteiger partial charge in [0.2, 0.25) is 0 Å². The van der Waals surface area contributed by atoms with Crippen molar-refractivity contribution in [1.29, 1.82) is 5.26 Å². The summed E-state index contributed by atoms with van der Waals surface area (Å²) >= 11 is 0. The summed E-state index contributed by atoms with van der Waals surface area (Å²) in [6.45, 7) is 1.89. The van der Waals surface area contributed by atoms with Gasteiger partial charge in [-0.15, -0.1) is 0 Å². The Balaban J connectivity index is 1.82. The van der Waals surface area contributed by atoms with E-state index in [2.05, 4.69) is 5.32 Å². The third-order valence-electron chi connectivity index (χ3n) is 4.39. The van der Waals surface area contributed by atoms with Crippen molar-refractivity contribution in [3.05, 3.63) is 83.4 Å². The van der Waals surface area contributed by atoms with E-state index in [0.29, 0.717) is 0 Å². The normalized spacial score (nSPS) is 12.3. The van der Waals surface area contributed by atoms with Gasteiger partial charge in [0.25, 0.3) is 5.91 Å². The van der Waals surface area contributed by atoms with Gasteiger partial charge in [0.05, 0.1) is 13.2 Å². The van der Waals surface area contributed by atoms with Crippen LogP contribution in [0.25, 0.3) is 16.8 Å². The number of nitrogens with zero attached hydrogens (tertiary/aromatic N) is 1. The summed E-state index contributed by atoms with van der Waals surface area (Å²) in [5.74, 6) is 0.404. The van der Waals surface area contributed by atoms with Crippen LogP contribution in [0.3, 0.4) is 0 Å². The minimum absolute atomic E-state index is 0.0747. The smallest absolute Gasteiger partial charge is 0.262 e. The van der Waals surface area contributed by atoms with Crippen molar-refractivity contribution in [2.75, 3.05) is 7.11 Å². The number of ether oxygens (including phenoxy) is 1. The van der Waals surface area contributed by atoms with Gasteiger partial charge in [0.1, 0.15) is 17.4 Å². The molecule has 0 heterocycles. The van der Waals surface area contributed by atoms with Crippen LogP contribution in [0.5, 0.6) is 5.75 Å². The lowest BCUT2D eigenvalue weighted by Crippen LogP contribution is -2.27. The number of nitriles is 1. The second-order valence-electron chi connectivity index (χ2n) is 6.25. The Morgan fingerprint density at radius 3 is 2.48 bits per heavy atom. The van der Waals surface area contributed by atoms with Crippen LogP contribution in [0.1, 0.15) is 24.1 Å². The lowest BCUT2D eigenvalue weighted by molar-refractivity contribution is -0.117. The highest BCUT2D eigenvalue weighted by Crippen LogP contribution is 2.23. The van der Waals surface area contributed by atoms with Gasteiger partial charge >= 0.3 is 0 Å². The maximum absolute atomic E-state index is 12.5. The highest BCUT2D eigenvalue weighted by Gasteiger charge is 2.13. The third kappa shape index (κ3) is 4.34. The summed E-state index contributed by atoms with van der Waals surface area (Å²) in [6, 6.07) is 23.0. The summed E-state index contributed by atoms with van der Waals surface area (Å²) in [7, 11) is 1.63. The molecule has 4 heteroatoms. The molecule has 134 valence electrons. The zero-order chi connectivity index (χ0) is 19.2. The fourth-order valence-electron chi connectivity index (χ4n) is 2.87. The van der Waals surface area contributed by atoms with E-state index in [9.17, 15) is 10.1 Å². The van der Waals surface area contributed by atoms with Crippen molar-refractivity contribution < 1.29 is 9.53 Å². The molecule has 0 aliphatic heterocycles. The standard InChI is InChI=1S/C23H20N2O2/c1-16(18-6-4-3-5-7-18)25-23(26)21(15-24)13-17-8-9-20-14-22(27-2)11-10-19(20)12-17/h3-14,16H,1-2H3,(H,25,26)/b21-13+/t16-/m0/s1. The van der Waals surface area contributed by atoms with Gasteiger partial charge in [-0.3, -0.25) is 4.79 Å². The molecule has 3 aromatic carbocycles. The van der Waals surface area contributed by atoms with Gasteiger partial charge in [0.15, 0.2) is 0 Å². The van der Waals surface area contributed by atoms with Crippen molar-refractivity contribution >= 4 is 22.8 Å². The summed E-state index contributed by atoms with van der Waals surface area (Å²) < 4.78 is 5.23. The van der Waals surface area contributed by atoms with Crippen LogP contribution in [0, 0.1) is 11.3 Å². The molecule has 1 N–H and O–H groups in total. The van der Waals surface area contributed by atoms with Crippen LogP contribution in [0.2, 0.25) is 0 Å². The fourth-order valence-corrected chi connectivity index (χ4v) is 2.87. The van der Waals surface area contributed by atoms with Crippen molar-refractivity contribution in [2.24, 2.45) is 0 Å². The Labute approximate surface area is 158 Å². The number of amides is 1. The second kappa shape index (κ2) is 8.20. The molecule has 3 rings (SSSR count). The van der Waals surface area contributed by atoms with Gasteiger partial charge in [0, 0.05) is 0 Å². The van der Waals surface area contributed by atoms with E-state index < -0.39 is 0 Å². The van der Waals surface area contributed by atoms with Crippen LogP contribution >= 0.6 is 0 Å². The van der Waals surface area contributed by atoms with Gasteiger partial charge in [-0.2, -0.15) is 5.26 Å². The topological polar surface area (TPSA) is 62.1 Å². The third-order valence-corrected chi connectivity index (χ3v) is 4.39. The van der Waals surface area contributed by atoms with Crippen LogP contribution in [0.4, 0.5) is 0 Å². The minimum Gasteiger partial charge on any atom is -0.497 e. The number of nitrogens with one attached hydrogen (secondary N) is 1. The van der Waals surface area contributed by atoms with Crippen LogP contribution in [-0.4, -0.2) is 13.0 Å². The van der Waals surface area contributed by atoms with Crippen LogP contribution < -0.4 is 10.1 Å². The largest absolute Gasteiger partial charge is 0.497 e. The van der Waals surface area contributed by atoms with E-state index in [0.717, 1.165) is 27.6 Å². The van der Waals surface area contributed by atoms with E-state index in [1.54, 1.807) is 13.2 Å². The number of hydrogen-bond acceptors (Lipinski definition) is 3. The first kappa shape index (κ1) is 18.2. The first-order valence-electron chi connectivity index (χ1n) is 8.66. The fraction of sp³-hybridized carbons (Fsp3) is 0.130. The molecule has 0 radical (unpaired) electrons. The van der Waals surface area contributed by atoms with Crippen LogP contribution in [0.15, 0.2) is 72.3 Å². The van der Waals surface area contributed by atoms with E-state index >= 15 is 0 Å². The Morgan fingerprint density at radius 2 is 1.78 bits per heavy atom. The van der Waals surface area contributed by atoms with Crippen molar-refractivity contribution in [3.8, 4) is 11.8 Å². The second-order valence-corrected chi connectivity index (χ2v) is 6.25. The predicted octanol–water partition coefficient (Wildman–Crippen LogP) is 4.63. The zero-order valence-corrected chi connectivity index (χ0v) is 15.3. The molecule has 3 aromatic rings. The quantitative estimate of drug-likeness (QED) is 0.535. The first-order valence-corrected chi connectivity index (χ1v) is 8.66. The van der Waals surface area contributed by atoms with Crippen LogP contribution in [-0.2, 0) is 4.79 Å². The lowest BCUT2D eigenvalue weighted by Gasteiger charge is -2.13. The summed E-state index contributed by atoms with van der Waals surface area (Å²) in [4.78, 5) is 12.5. The number of benzene rings is 3. The molecule has 27 heavy (non-hydrogen) atoms. The van der Waals surface area contributed by atoms with E-state index in [1.807, 2.05) is 79.7 Å². The average Bonchev–Trinajstić information content (AvgIpc) is 2.71. The van der Waals surface area contributed by atoms with Gasteiger partial charge in [-0.05, 0) is 53.1 Å². The minimum atomic E-state index is -0.385. The molecule has 0 saturated heterocycles. The molecule has 1 atom stereocenters. The molecule has 0 aromatic heterocycles. The molecule has 0 aliphatic carbocycles. The van der Waals surface area contributed by atoms with Crippen molar-refractivity contribution in [1.82, 2.24) is 5.32 Å². The SMILES string of the molecule is COc1ccc2cc(/C=C(\C#N)C(=O)N[C@@H](C)c3ccccc3)ccc2c1. The molecule has 0 spiro atoms. The summed E-state index contributed by atoms with van der Waals surface area (Å²) in [6.07, 6.45) is 1.61. The molecular weight excluding hydrogens is 336 g/mol. The first-order chi connectivity index (χ1) is 13.1. The zero-order valence-electron chi connectivity index (χ0n) is 15.3. The molecule has 0 saturated carbocycles. The maximum Gasteiger partial charge on any atom is 0.262 e. The Bertz CT molecular complexity index is 1030. The van der Waals surface area contributed by atoms with E-state index in [-0.39, 0.29) is 17.5 Å². The molecule has 0 aliphatic rings. The van der Waals surface area contributed by atoms with Crippen molar-refractivity contribution in [2.45, 2.75) is 13.0 Å². The number of fused-ring (bicyclic) bond motifs is 1. The van der Waals surface area contributed by atoms with Gasteiger partial charge in [-0.25, -0.2) is 0 Å². The molecular formula is C23H20N2O2. The van der Waals surface area contributed by atoms with E-state index in [1.165, 1.54) is 0 Å². The number of rotatable bonds is 5. The monoisotopic (exact) mass is 356 g/mol. The summed E-state index contributed by atoms with van der Waals surface area (Å²) in [5.41, 5.74) is 1.86. The number of carbonyl (C=O) groups is 1. The van der Waals surface area contributed by atoms with Crippen molar-refractivity contribution in [3.63, 3.8) is 0 Å². The number of methoxy groups -OCH3 is 1. The Hall–Kier alpha value is -3.58. The number of carbonyl (C=O) groups excluding carboxylic acids is 1. The maximum atomic E-state index is 12.5. The summed E-state index contributed by atoms with van der Waals surface area (Å²) in [5, 5.41) is 14.3. The van der Waals surface area contributed by atoms with Gasteiger partial charge in [-0.1, -0.05) is 48.5 Å². The average molecular weight is 356 g/mol.